The van der Waals surface area contributed by atoms with Crippen molar-refractivity contribution in [3.05, 3.63) is 0 Å². The molecule has 1 N–H and O–H groups in total. The van der Waals surface area contributed by atoms with E-state index in [1.54, 1.807) is 0 Å². The molecule has 42 valence electrons. The zero-order chi connectivity index (χ0) is 5.28. The molecular formula is C4H11N2P. The minimum Gasteiger partial charge on any atom is -0.283 e. The van der Waals surface area contributed by atoms with Gasteiger partial charge in [-0.1, -0.05) is 0 Å². The summed E-state index contributed by atoms with van der Waals surface area (Å²) in [5.41, 5.74) is 0. The van der Waals surface area contributed by atoms with Crippen LogP contribution in [0.3, 0.4) is 0 Å². The van der Waals surface area contributed by atoms with Gasteiger partial charge in [-0.25, -0.2) is 0 Å². The molecule has 1 saturated heterocycles. The van der Waals surface area contributed by atoms with E-state index >= 15 is 0 Å². The second-order valence-electron chi connectivity index (χ2n) is 1.81. The van der Waals surface area contributed by atoms with Crippen LogP contribution in [0.1, 0.15) is 0 Å². The molecule has 1 heterocycles. The molecule has 0 aromatic carbocycles. The van der Waals surface area contributed by atoms with Gasteiger partial charge >= 0.3 is 0 Å². The molecule has 7 heavy (non-hydrogen) atoms. The Balaban J connectivity index is 2.33. The van der Waals surface area contributed by atoms with Crippen molar-refractivity contribution in [2.24, 2.45) is 0 Å². The summed E-state index contributed by atoms with van der Waals surface area (Å²) in [5.74, 6) is 0. The predicted octanol–water partition coefficient (Wildman–Crippen LogP) is 0.463. The predicted molar refractivity (Wildman–Crippen MR) is 33.5 cm³/mol. The van der Waals surface area contributed by atoms with Crippen molar-refractivity contribution in [2.45, 2.75) is 0 Å². The van der Waals surface area contributed by atoms with Crippen LogP contribution in [0.2, 0.25) is 0 Å². The molecule has 0 aromatic heterocycles. The van der Waals surface area contributed by atoms with Crippen molar-refractivity contribution in [2.75, 3.05) is 26.8 Å². The molecule has 1 aliphatic heterocycles. The molecular weight excluding hydrogens is 107 g/mol. The lowest BCUT2D eigenvalue weighted by molar-refractivity contribution is 0.600. The minimum absolute atomic E-state index is 0.0571. The highest BCUT2D eigenvalue weighted by molar-refractivity contribution is 7.52. The third-order valence-electron chi connectivity index (χ3n) is 1.29. The fraction of sp³-hybridized carbons (Fsp3) is 1.00. The van der Waals surface area contributed by atoms with E-state index in [0.29, 0.717) is 0 Å². The number of likely N-dealkylation sites (N-methyl/N-ethyl adjacent to an activating group) is 1. The van der Waals surface area contributed by atoms with E-state index in [9.17, 15) is 0 Å². The smallest absolute Gasteiger partial charge is 0.0331 e. The van der Waals surface area contributed by atoms with E-state index in [4.69, 9.17) is 0 Å². The van der Waals surface area contributed by atoms with Gasteiger partial charge in [-0.05, 0) is 13.7 Å². The molecule has 1 rings (SSSR count). The Hall–Kier alpha value is 0.350. The fourth-order valence-corrected chi connectivity index (χ4v) is 1.71. The maximum Gasteiger partial charge on any atom is 0.0331 e. The minimum atomic E-state index is 0.0571. The van der Waals surface area contributed by atoms with Crippen molar-refractivity contribution in [1.29, 1.82) is 0 Å². The average Bonchev–Trinajstić information content (AvgIpc) is 1.91. The molecule has 0 aliphatic carbocycles. The lowest BCUT2D eigenvalue weighted by Gasteiger charge is -2.11. The van der Waals surface area contributed by atoms with E-state index in [1.807, 2.05) is 0 Å². The molecule has 0 saturated carbocycles. The molecule has 1 fully saturated rings. The molecule has 0 radical (unpaired) electrons. The Morgan fingerprint density at radius 1 is 1.71 bits per heavy atom. The molecule has 1 atom stereocenters. The van der Waals surface area contributed by atoms with Crippen LogP contribution in [0, 0.1) is 0 Å². The van der Waals surface area contributed by atoms with Gasteiger partial charge in [0.2, 0.25) is 0 Å². The number of hydrogen-bond acceptors (Lipinski definition) is 2. The zero-order valence-corrected chi connectivity index (χ0v) is 5.70. The molecule has 0 amide bonds. The van der Waals surface area contributed by atoms with Crippen LogP contribution in [0.5, 0.6) is 0 Å². The highest BCUT2D eigenvalue weighted by Crippen LogP contribution is 2.31. The maximum atomic E-state index is 3.36. The van der Waals surface area contributed by atoms with Gasteiger partial charge in [0.15, 0.2) is 0 Å². The molecule has 2 nitrogen and oxygen atoms in total. The second kappa shape index (κ2) is 2.08. The molecule has 1 unspecified atom stereocenters. The van der Waals surface area contributed by atoms with E-state index in [0.717, 1.165) is 0 Å². The summed E-state index contributed by atoms with van der Waals surface area (Å²) >= 11 is 0. The first kappa shape index (κ1) is 5.49. The van der Waals surface area contributed by atoms with Gasteiger partial charge < -0.3 is 0 Å². The summed E-state index contributed by atoms with van der Waals surface area (Å²) in [6.45, 7) is 4.64. The van der Waals surface area contributed by atoms with Gasteiger partial charge in [0, 0.05) is 21.3 Å². The first-order chi connectivity index (χ1) is 3.30. The van der Waals surface area contributed by atoms with Crippen molar-refractivity contribution in [1.82, 2.24) is 9.76 Å². The summed E-state index contributed by atoms with van der Waals surface area (Å²) in [7, 11) is 2.22. The van der Waals surface area contributed by atoms with Crippen LogP contribution in [0.15, 0.2) is 0 Å². The summed E-state index contributed by atoms with van der Waals surface area (Å²) in [6, 6.07) is 0. The third kappa shape index (κ3) is 1.12. The van der Waals surface area contributed by atoms with Crippen LogP contribution in [0.25, 0.3) is 0 Å². The molecule has 3 heteroatoms. The van der Waals surface area contributed by atoms with E-state index in [-0.39, 0.29) is 8.22 Å². The third-order valence-corrected chi connectivity index (χ3v) is 3.19. The van der Waals surface area contributed by atoms with E-state index in [1.165, 1.54) is 13.1 Å². The van der Waals surface area contributed by atoms with Crippen molar-refractivity contribution in [3.8, 4) is 0 Å². The fourth-order valence-electron chi connectivity index (χ4n) is 0.644. The first-order valence-corrected chi connectivity index (χ1v) is 4.23. The van der Waals surface area contributed by atoms with E-state index in [2.05, 4.69) is 23.5 Å². The summed E-state index contributed by atoms with van der Waals surface area (Å²) in [5, 5.41) is 3.36. The molecule has 0 aromatic rings. The Kier molecular flexibility index (Phi) is 1.63. The second-order valence-corrected chi connectivity index (χ2v) is 3.86. The van der Waals surface area contributed by atoms with Crippen LogP contribution < -0.4 is 5.09 Å². The largest absolute Gasteiger partial charge is 0.283 e. The highest BCUT2D eigenvalue weighted by Gasteiger charge is 2.13. The van der Waals surface area contributed by atoms with Gasteiger partial charge in [-0.15, -0.1) is 0 Å². The Bertz CT molecular complexity index is 58.7. The van der Waals surface area contributed by atoms with E-state index < -0.39 is 0 Å². The number of nitrogens with one attached hydrogen (secondary N) is 1. The Labute approximate surface area is 45.8 Å². The summed E-state index contributed by atoms with van der Waals surface area (Å²) < 4.78 is 2.36. The molecule has 0 bridgehead atoms. The Morgan fingerprint density at radius 3 is 2.57 bits per heavy atom. The lowest BCUT2D eigenvalue weighted by Crippen LogP contribution is -2.05. The van der Waals surface area contributed by atoms with Crippen LogP contribution in [-0.2, 0) is 0 Å². The van der Waals surface area contributed by atoms with Crippen molar-refractivity contribution < 1.29 is 0 Å². The van der Waals surface area contributed by atoms with Crippen molar-refractivity contribution >= 4 is 8.22 Å². The summed E-state index contributed by atoms with van der Waals surface area (Å²) in [6.07, 6.45) is 0. The van der Waals surface area contributed by atoms with Crippen LogP contribution in [0.4, 0.5) is 0 Å². The van der Waals surface area contributed by atoms with Crippen LogP contribution >= 0.6 is 8.22 Å². The number of hydrogen-bond donors (Lipinski definition) is 1. The quantitative estimate of drug-likeness (QED) is 0.465. The van der Waals surface area contributed by atoms with Crippen molar-refractivity contribution in [3.63, 3.8) is 0 Å². The molecule has 1 aliphatic rings. The highest BCUT2D eigenvalue weighted by atomic mass is 31.1. The first-order valence-electron chi connectivity index (χ1n) is 2.49. The van der Waals surface area contributed by atoms with Gasteiger partial charge in [-0.3, -0.25) is 9.76 Å². The zero-order valence-electron chi connectivity index (χ0n) is 4.81. The average molecular weight is 118 g/mol. The van der Waals surface area contributed by atoms with Gasteiger partial charge in [0.1, 0.15) is 0 Å². The topological polar surface area (TPSA) is 15.3 Å². The van der Waals surface area contributed by atoms with Crippen LogP contribution in [-0.4, -0.2) is 31.5 Å². The van der Waals surface area contributed by atoms with Gasteiger partial charge in [0.25, 0.3) is 0 Å². The lowest BCUT2D eigenvalue weighted by atomic mass is 10.7. The number of rotatable bonds is 0. The molecule has 0 spiro atoms. The van der Waals surface area contributed by atoms with Gasteiger partial charge in [-0.2, -0.15) is 0 Å². The SMILES string of the molecule is CN1CCNP1C. The normalized spacial score (nSPS) is 34.3. The standard InChI is InChI=1S/C4H11N2P/c1-6-4-3-5-7(6)2/h5H,3-4H2,1-2H3. The summed E-state index contributed by atoms with van der Waals surface area (Å²) in [4.78, 5) is 0. The number of nitrogens with zero attached hydrogens (tertiary/aromatic N) is 1. The maximum absolute atomic E-state index is 3.36. The monoisotopic (exact) mass is 118 g/mol. The van der Waals surface area contributed by atoms with Gasteiger partial charge in [0.05, 0.1) is 0 Å². The Morgan fingerprint density at radius 2 is 2.43 bits per heavy atom.